The van der Waals surface area contributed by atoms with E-state index in [0.717, 1.165) is 4.47 Å². The topological polar surface area (TPSA) is 63.2 Å². The van der Waals surface area contributed by atoms with Crippen molar-refractivity contribution in [2.75, 3.05) is 25.6 Å². The Labute approximate surface area is 119 Å². The van der Waals surface area contributed by atoms with Crippen LogP contribution in [0.3, 0.4) is 0 Å². The van der Waals surface area contributed by atoms with Crippen LogP contribution in [0.4, 0.5) is 5.82 Å². The Kier molecular flexibility index (Phi) is 6.38. The zero-order valence-electron chi connectivity index (χ0n) is 10.2. The molecule has 0 aliphatic rings. The summed E-state index contributed by atoms with van der Waals surface area (Å²) in [6, 6.07) is 1.29. The van der Waals surface area contributed by atoms with Gasteiger partial charge in [0.2, 0.25) is 5.91 Å². The first-order valence-corrected chi connectivity index (χ1v) is 6.56. The predicted octanol–water partition coefficient (Wildman–Crippen LogP) is 2.06. The molecule has 1 amide bonds. The molecular formula is C11H15BrClN3O2. The minimum atomic E-state index is -0.423. The van der Waals surface area contributed by atoms with Crippen LogP contribution in [0.1, 0.15) is 6.92 Å². The van der Waals surface area contributed by atoms with Gasteiger partial charge in [-0.2, -0.15) is 0 Å². The molecule has 5 nitrogen and oxygen atoms in total. The number of aromatic nitrogens is 1. The number of anilines is 1. The lowest BCUT2D eigenvalue weighted by molar-refractivity contribution is -0.121. The van der Waals surface area contributed by atoms with Crippen LogP contribution in [0.15, 0.2) is 16.7 Å². The lowest BCUT2D eigenvalue weighted by Gasteiger charge is -2.15. The maximum absolute atomic E-state index is 11.7. The summed E-state index contributed by atoms with van der Waals surface area (Å²) in [5.41, 5.74) is 0. The van der Waals surface area contributed by atoms with E-state index < -0.39 is 6.04 Å². The molecule has 0 saturated heterocycles. The summed E-state index contributed by atoms with van der Waals surface area (Å²) in [4.78, 5) is 15.8. The number of nitrogens with zero attached hydrogens (tertiary/aromatic N) is 1. The van der Waals surface area contributed by atoms with Gasteiger partial charge in [0, 0.05) is 24.3 Å². The van der Waals surface area contributed by atoms with Gasteiger partial charge in [-0.3, -0.25) is 4.79 Å². The van der Waals surface area contributed by atoms with E-state index in [-0.39, 0.29) is 5.91 Å². The average Bonchev–Trinajstić information content (AvgIpc) is 2.32. The molecule has 0 bridgehead atoms. The quantitative estimate of drug-likeness (QED) is 0.781. The number of rotatable bonds is 6. The summed E-state index contributed by atoms with van der Waals surface area (Å²) in [5.74, 6) is 0.349. The molecule has 1 unspecified atom stereocenters. The van der Waals surface area contributed by atoms with E-state index in [2.05, 4.69) is 31.5 Å². The van der Waals surface area contributed by atoms with Crippen molar-refractivity contribution in [2.45, 2.75) is 13.0 Å². The van der Waals surface area contributed by atoms with E-state index in [1.54, 1.807) is 26.3 Å². The van der Waals surface area contributed by atoms with E-state index >= 15 is 0 Å². The fourth-order valence-electron chi connectivity index (χ4n) is 1.22. The summed E-state index contributed by atoms with van der Waals surface area (Å²) in [6.07, 6.45) is 1.61. The van der Waals surface area contributed by atoms with Crippen LogP contribution in [0, 0.1) is 0 Å². The van der Waals surface area contributed by atoms with Crippen LogP contribution in [0.25, 0.3) is 0 Å². The Morgan fingerprint density at radius 3 is 3.00 bits per heavy atom. The summed E-state index contributed by atoms with van der Waals surface area (Å²) in [5, 5.41) is 6.13. The minimum absolute atomic E-state index is 0.132. The van der Waals surface area contributed by atoms with Crippen LogP contribution in [-0.4, -0.2) is 37.2 Å². The molecule has 0 spiro atoms. The Morgan fingerprint density at radius 2 is 2.39 bits per heavy atom. The first-order chi connectivity index (χ1) is 8.54. The van der Waals surface area contributed by atoms with Gasteiger partial charge in [0.15, 0.2) is 0 Å². The summed E-state index contributed by atoms with van der Waals surface area (Å²) < 4.78 is 5.64. The van der Waals surface area contributed by atoms with E-state index in [4.69, 9.17) is 16.3 Å². The van der Waals surface area contributed by atoms with Crippen LogP contribution >= 0.6 is 27.5 Å². The van der Waals surface area contributed by atoms with Crippen molar-refractivity contribution in [2.24, 2.45) is 0 Å². The molecule has 18 heavy (non-hydrogen) atoms. The smallest absolute Gasteiger partial charge is 0.242 e. The standard InChI is InChI=1S/C11H15BrClN3O2/c1-7(11(17)14-3-4-18-2)16-10-9(13)5-8(12)6-15-10/h5-7H,3-4H2,1-2H3,(H,14,17)(H,15,16). The van der Waals surface area contributed by atoms with Gasteiger partial charge in [-0.15, -0.1) is 0 Å². The molecule has 0 aliphatic heterocycles. The SMILES string of the molecule is COCCNC(=O)C(C)Nc1ncc(Br)cc1Cl. The molecule has 7 heteroatoms. The Morgan fingerprint density at radius 1 is 1.67 bits per heavy atom. The Hall–Kier alpha value is -0.850. The fourth-order valence-corrected chi connectivity index (χ4v) is 1.90. The van der Waals surface area contributed by atoms with Gasteiger partial charge in [0.25, 0.3) is 0 Å². The highest BCUT2D eigenvalue weighted by atomic mass is 79.9. The Bertz CT molecular complexity index is 417. The maximum atomic E-state index is 11.7. The molecule has 0 fully saturated rings. The number of carbonyl (C=O) groups excluding carboxylic acids is 1. The van der Waals surface area contributed by atoms with Gasteiger partial charge >= 0.3 is 0 Å². The molecule has 1 atom stereocenters. The van der Waals surface area contributed by atoms with Crippen LogP contribution in [0.2, 0.25) is 5.02 Å². The number of carbonyl (C=O) groups is 1. The van der Waals surface area contributed by atoms with Crippen molar-refractivity contribution in [3.63, 3.8) is 0 Å². The highest BCUT2D eigenvalue weighted by molar-refractivity contribution is 9.10. The molecule has 1 rings (SSSR count). The van der Waals surface area contributed by atoms with E-state index in [0.29, 0.717) is 24.0 Å². The second kappa shape index (κ2) is 7.56. The minimum Gasteiger partial charge on any atom is -0.383 e. The van der Waals surface area contributed by atoms with Crippen molar-refractivity contribution in [3.8, 4) is 0 Å². The second-order valence-corrected chi connectivity index (χ2v) is 4.96. The third-order valence-electron chi connectivity index (χ3n) is 2.16. The summed E-state index contributed by atoms with van der Waals surface area (Å²) in [6.45, 7) is 2.70. The average molecular weight is 337 g/mol. The number of methoxy groups -OCH3 is 1. The molecule has 1 heterocycles. The van der Waals surface area contributed by atoms with Crippen molar-refractivity contribution in [1.29, 1.82) is 0 Å². The van der Waals surface area contributed by atoms with Crippen molar-refractivity contribution in [1.82, 2.24) is 10.3 Å². The number of ether oxygens (including phenoxy) is 1. The normalized spacial score (nSPS) is 12.0. The largest absolute Gasteiger partial charge is 0.383 e. The van der Waals surface area contributed by atoms with Gasteiger partial charge < -0.3 is 15.4 Å². The van der Waals surface area contributed by atoms with Crippen LogP contribution < -0.4 is 10.6 Å². The predicted molar refractivity (Wildman–Crippen MR) is 74.9 cm³/mol. The molecule has 0 radical (unpaired) electrons. The summed E-state index contributed by atoms with van der Waals surface area (Å²) >= 11 is 9.26. The number of nitrogens with one attached hydrogen (secondary N) is 2. The van der Waals surface area contributed by atoms with E-state index in [9.17, 15) is 4.79 Å². The Balaban J connectivity index is 2.53. The monoisotopic (exact) mass is 335 g/mol. The van der Waals surface area contributed by atoms with Gasteiger partial charge in [-0.25, -0.2) is 4.98 Å². The zero-order chi connectivity index (χ0) is 13.5. The third kappa shape index (κ3) is 4.80. The lowest BCUT2D eigenvalue weighted by atomic mass is 10.3. The molecule has 0 aromatic carbocycles. The fraction of sp³-hybridized carbons (Fsp3) is 0.455. The maximum Gasteiger partial charge on any atom is 0.242 e. The van der Waals surface area contributed by atoms with Gasteiger partial charge in [-0.1, -0.05) is 11.6 Å². The molecule has 1 aromatic rings. The molecule has 100 valence electrons. The number of amides is 1. The zero-order valence-corrected chi connectivity index (χ0v) is 12.5. The first kappa shape index (κ1) is 15.2. The number of hydrogen-bond donors (Lipinski definition) is 2. The van der Waals surface area contributed by atoms with Crippen molar-refractivity contribution >= 4 is 39.3 Å². The molecular weight excluding hydrogens is 321 g/mol. The highest BCUT2D eigenvalue weighted by Gasteiger charge is 2.14. The first-order valence-electron chi connectivity index (χ1n) is 5.39. The van der Waals surface area contributed by atoms with Crippen molar-refractivity contribution < 1.29 is 9.53 Å². The number of pyridine rings is 1. The summed E-state index contributed by atoms with van der Waals surface area (Å²) in [7, 11) is 1.58. The molecule has 2 N–H and O–H groups in total. The molecule has 1 aromatic heterocycles. The van der Waals surface area contributed by atoms with Gasteiger partial charge in [0.1, 0.15) is 11.9 Å². The lowest BCUT2D eigenvalue weighted by Crippen LogP contribution is -2.39. The van der Waals surface area contributed by atoms with Crippen LogP contribution in [-0.2, 0) is 9.53 Å². The van der Waals surface area contributed by atoms with Gasteiger partial charge in [-0.05, 0) is 28.9 Å². The third-order valence-corrected chi connectivity index (χ3v) is 2.88. The number of halogens is 2. The van der Waals surface area contributed by atoms with E-state index in [1.807, 2.05) is 0 Å². The van der Waals surface area contributed by atoms with Gasteiger partial charge in [0.05, 0.1) is 11.6 Å². The van der Waals surface area contributed by atoms with E-state index in [1.165, 1.54) is 0 Å². The second-order valence-electron chi connectivity index (χ2n) is 3.63. The molecule has 0 saturated carbocycles. The van der Waals surface area contributed by atoms with Crippen LogP contribution in [0.5, 0.6) is 0 Å². The number of hydrogen-bond acceptors (Lipinski definition) is 4. The van der Waals surface area contributed by atoms with Crippen molar-refractivity contribution in [3.05, 3.63) is 21.8 Å². The highest BCUT2D eigenvalue weighted by Crippen LogP contribution is 2.23. The molecule has 0 aliphatic carbocycles.